The summed E-state index contributed by atoms with van der Waals surface area (Å²) in [5.41, 5.74) is 4.28. The van der Waals surface area contributed by atoms with Crippen LogP contribution in [0.4, 0.5) is 0 Å². The maximum atomic E-state index is 12.5. The van der Waals surface area contributed by atoms with Gasteiger partial charge in [0, 0.05) is 25.2 Å². The third-order valence-electron chi connectivity index (χ3n) is 6.56. The van der Waals surface area contributed by atoms with Gasteiger partial charge >= 0.3 is 5.97 Å². The monoisotopic (exact) mass is 488 g/mol. The molecule has 4 rings (SSSR count). The Bertz CT molecular complexity index is 1160. The summed E-state index contributed by atoms with van der Waals surface area (Å²) in [5.74, 6) is 0.566. The van der Waals surface area contributed by atoms with Gasteiger partial charge in [-0.2, -0.15) is 0 Å². The number of amides is 1. The Morgan fingerprint density at radius 1 is 0.889 bits per heavy atom. The molecule has 0 aromatic heterocycles. The van der Waals surface area contributed by atoms with Gasteiger partial charge in [0.1, 0.15) is 17.5 Å². The predicted octanol–water partition coefficient (Wildman–Crippen LogP) is 4.39. The third-order valence-corrected chi connectivity index (χ3v) is 6.56. The lowest BCUT2D eigenvalue weighted by molar-refractivity contribution is -0.139. The van der Waals surface area contributed by atoms with Crippen molar-refractivity contribution in [3.05, 3.63) is 83.4 Å². The maximum absolute atomic E-state index is 12.5. The van der Waals surface area contributed by atoms with Crippen LogP contribution in [-0.4, -0.2) is 55.2 Å². The predicted molar refractivity (Wildman–Crippen MR) is 139 cm³/mol. The van der Waals surface area contributed by atoms with Gasteiger partial charge in [-0.1, -0.05) is 42.5 Å². The molecular weight excluding hydrogens is 456 g/mol. The minimum Gasteiger partial charge on any atom is -0.496 e. The normalized spacial score (nSPS) is 13.9. The van der Waals surface area contributed by atoms with Crippen molar-refractivity contribution in [2.24, 2.45) is 0 Å². The number of likely N-dealkylation sites (tertiary alicyclic amines) is 1. The summed E-state index contributed by atoms with van der Waals surface area (Å²) >= 11 is 0. The average Bonchev–Trinajstić information content (AvgIpc) is 3.46. The fraction of sp³-hybridized carbons (Fsp3) is 0.310. The molecular formula is C29H32N2O5. The van der Waals surface area contributed by atoms with Gasteiger partial charge in [0.25, 0.3) is 5.91 Å². The van der Waals surface area contributed by atoms with Gasteiger partial charge in [0.15, 0.2) is 0 Å². The molecule has 7 heteroatoms. The summed E-state index contributed by atoms with van der Waals surface area (Å²) < 4.78 is 11.0. The number of aliphatic carboxylic acids is 1. The number of carboxylic acid groups (broad SMARTS) is 1. The number of carbonyl (C=O) groups is 2. The van der Waals surface area contributed by atoms with Crippen molar-refractivity contribution in [3.63, 3.8) is 0 Å². The molecule has 3 aromatic rings. The van der Waals surface area contributed by atoms with Gasteiger partial charge in [-0.15, -0.1) is 0 Å². The highest BCUT2D eigenvalue weighted by Gasteiger charge is 2.20. The molecule has 0 aliphatic carbocycles. The number of nitrogens with zero attached hydrogens (tertiary/aromatic N) is 1. The van der Waals surface area contributed by atoms with Crippen LogP contribution in [0.2, 0.25) is 0 Å². The SMILES string of the molecule is COc1cccc(OC)c1-c1ccc(C[C@H](NCc2ccc(C(=O)N3CCCC3)cc2)C(=O)O)cc1. The Labute approximate surface area is 211 Å². The Hall–Kier alpha value is -3.84. The second-order valence-electron chi connectivity index (χ2n) is 8.91. The number of carbonyl (C=O) groups excluding carboxylic acids is 1. The van der Waals surface area contributed by atoms with E-state index in [1.807, 2.05) is 71.6 Å². The molecule has 0 bridgehead atoms. The Kier molecular flexibility index (Phi) is 8.23. The van der Waals surface area contributed by atoms with Crippen molar-refractivity contribution in [2.75, 3.05) is 27.3 Å². The molecule has 1 heterocycles. The molecule has 3 aromatic carbocycles. The summed E-state index contributed by atoms with van der Waals surface area (Å²) in [6.45, 7) is 2.03. The number of hydrogen-bond donors (Lipinski definition) is 2. The summed E-state index contributed by atoms with van der Waals surface area (Å²) in [4.78, 5) is 26.3. The largest absolute Gasteiger partial charge is 0.496 e. The van der Waals surface area contributed by atoms with Crippen molar-refractivity contribution in [3.8, 4) is 22.6 Å². The van der Waals surface area contributed by atoms with Crippen molar-refractivity contribution in [1.29, 1.82) is 0 Å². The summed E-state index contributed by atoms with van der Waals surface area (Å²) in [7, 11) is 3.24. The van der Waals surface area contributed by atoms with Gasteiger partial charge in [-0.05, 0) is 60.2 Å². The van der Waals surface area contributed by atoms with Crippen LogP contribution in [-0.2, 0) is 17.8 Å². The molecule has 1 amide bonds. The highest BCUT2D eigenvalue weighted by molar-refractivity contribution is 5.94. The molecule has 0 unspecified atom stereocenters. The smallest absolute Gasteiger partial charge is 0.321 e. The Morgan fingerprint density at radius 2 is 1.47 bits per heavy atom. The average molecular weight is 489 g/mol. The van der Waals surface area contributed by atoms with E-state index in [4.69, 9.17) is 9.47 Å². The van der Waals surface area contributed by atoms with E-state index in [9.17, 15) is 14.7 Å². The summed E-state index contributed by atoms with van der Waals surface area (Å²) in [6, 6.07) is 20.0. The molecule has 1 aliphatic rings. The molecule has 36 heavy (non-hydrogen) atoms. The van der Waals surface area contributed by atoms with Crippen LogP contribution in [0.1, 0.15) is 34.3 Å². The molecule has 188 valence electrons. The minimum absolute atomic E-state index is 0.0598. The van der Waals surface area contributed by atoms with Crippen LogP contribution in [0.15, 0.2) is 66.7 Å². The van der Waals surface area contributed by atoms with Crippen LogP contribution < -0.4 is 14.8 Å². The number of benzene rings is 3. The number of methoxy groups -OCH3 is 2. The van der Waals surface area contributed by atoms with Crippen LogP contribution in [0.3, 0.4) is 0 Å². The molecule has 2 N–H and O–H groups in total. The van der Waals surface area contributed by atoms with Crippen molar-refractivity contribution in [2.45, 2.75) is 31.8 Å². The number of carboxylic acids is 1. The highest BCUT2D eigenvalue weighted by atomic mass is 16.5. The zero-order valence-electron chi connectivity index (χ0n) is 20.7. The second kappa shape index (κ2) is 11.7. The van der Waals surface area contributed by atoms with Crippen molar-refractivity contribution < 1.29 is 24.2 Å². The number of nitrogens with one attached hydrogen (secondary N) is 1. The first-order valence-electron chi connectivity index (χ1n) is 12.1. The standard InChI is InChI=1S/C29H32N2O5/c1-35-25-6-5-7-26(36-2)27(25)22-12-8-20(9-13-22)18-24(29(33)34)30-19-21-10-14-23(15-11-21)28(32)31-16-3-4-17-31/h5-15,24,30H,3-4,16-19H2,1-2H3,(H,33,34)/t24-/m0/s1. The first-order valence-corrected chi connectivity index (χ1v) is 12.1. The van der Waals surface area contributed by atoms with E-state index in [1.165, 1.54) is 0 Å². The van der Waals surface area contributed by atoms with Gasteiger partial charge in [-0.3, -0.25) is 9.59 Å². The van der Waals surface area contributed by atoms with E-state index in [-0.39, 0.29) is 5.91 Å². The first-order chi connectivity index (χ1) is 17.5. The van der Waals surface area contributed by atoms with E-state index in [0.29, 0.717) is 30.0 Å². The van der Waals surface area contributed by atoms with Gasteiger partial charge in [0.05, 0.1) is 19.8 Å². The summed E-state index contributed by atoms with van der Waals surface area (Å²) in [5, 5.41) is 12.9. The van der Waals surface area contributed by atoms with Crippen LogP contribution >= 0.6 is 0 Å². The molecule has 0 saturated carbocycles. The topological polar surface area (TPSA) is 88.1 Å². The molecule has 1 saturated heterocycles. The lowest BCUT2D eigenvalue weighted by Gasteiger charge is -2.17. The van der Waals surface area contributed by atoms with Crippen LogP contribution in [0, 0.1) is 0 Å². The number of ether oxygens (including phenoxy) is 2. The van der Waals surface area contributed by atoms with Gasteiger partial charge in [-0.25, -0.2) is 0 Å². The summed E-state index contributed by atoms with van der Waals surface area (Å²) in [6.07, 6.45) is 2.45. The van der Waals surface area contributed by atoms with Crippen LogP contribution in [0.5, 0.6) is 11.5 Å². The lowest BCUT2D eigenvalue weighted by Crippen LogP contribution is -2.38. The van der Waals surface area contributed by atoms with Crippen molar-refractivity contribution in [1.82, 2.24) is 10.2 Å². The zero-order chi connectivity index (χ0) is 25.5. The van der Waals surface area contributed by atoms with Crippen molar-refractivity contribution >= 4 is 11.9 Å². The molecule has 1 atom stereocenters. The third kappa shape index (κ3) is 5.86. The quantitative estimate of drug-likeness (QED) is 0.440. The number of rotatable bonds is 10. The second-order valence-corrected chi connectivity index (χ2v) is 8.91. The first kappa shape index (κ1) is 25.3. The molecule has 1 fully saturated rings. The van der Waals surface area contributed by atoms with E-state index in [2.05, 4.69) is 5.32 Å². The minimum atomic E-state index is -0.911. The molecule has 0 radical (unpaired) electrons. The molecule has 0 spiro atoms. The van der Waals surface area contributed by atoms with Gasteiger partial charge in [0.2, 0.25) is 0 Å². The van der Waals surface area contributed by atoms with E-state index < -0.39 is 12.0 Å². The molecule has 1 aliphatic heterocycles. The van der Waals surface area contributed by atoms with Crippen LogP contribution in [0.25, 0.3) is 11.1 Å². The molecule has 7 nitrogen and oxygen atoms in total. The fourth-order valence-corrected chi connectivity index (χ4v) is 4.53. The van der Waals surface area contributed by atoms with E-state index in [1.54, 1.807) is 14.2 Å². The van der Waals surface area contributed by atoms with E-state index in [0.717, 1.165) is 48.2 Å². The Balaban J connectivity index is 1.39. The van der Waals surface area contributed by atoms with E-state index >= 15 is 0 Å². The van der Waals surface area contributed by atoms with Gasteiger partial charge < -0.3 is 24.8 Å². The zero-order valence-corrected chi connectivity index (χ0v) is 20.7. The highest BCUT2D eigenvalue weighted by Crippen LogP contribution is 2.38. The lowest BCUT2D eigenvalue weighted by atomic mass is 9.99. The Morgan fingerprint density at radius 3 is 2.03 bits per heavy atom. The fourth-order valence-electron chi connectivity index (χ4n) is 4.53. The number of hydrogen-bond acceptors (Lipinski definition) is 5. The maximum Gasteiger partial charge on any atom is 0.321 e.